The number of hydrogen-bond donors (Lipinski definition) is 3. The number of ketones is 1. The summed E-state index contributed by atoms with van der Waals surface area (Å²) in [6, 6.07) is 0. The molecule has 4 nitrogen and oxygen atoms in total. The smallest absolute Gasteiger partial charge is 0.138 e. The van der Waals surface area contributed by atoms with Crippen molar-refractivity contribution in [3.8, 4) is 0 Å². The predicted octanol–water partition coefficient (Wildman–Crippen LogP) is 5.68. The highest BCUT2D eigenvalue weighted by molar-refractivity contribution is 5.85. The second-order valence-corrected chi connectivity index (χ2v) is 14.2. The summed E-state index contributed by atoms with van der Waals surface area (Å²) in [5, 5.41) is 32.6. The van der Waals surface area contributed by atoms with Gasteiger partial charge in [-0.25, -0.2) is 0 Å². The normalized spacial score (nSPS) is 48.0. The van der Waals surface area contributed by atoms with Gasteiger partial charge in [0.25, 0.3) is 0 Å². The molecule has 34 heavy (non-hydrogen) atoms. The van der Waals surface area contributed by atoms with E-state index in [1.54, 1.807) is 0 Å². The van der Waals surface area contributed by atoms with Crippen LogP contribution in [0.15, 0.2) is 11.6 Å². The lowest BCUT2D eigenvalue weighted by atomic mass is 9.35. The summed E-state index contributed by atoms with van der Waals surface area (Å²) < 4.78 is 0. The van der Waals surface area contributed by atoms with Crippen LogP contribution in [-0.2, 0) is 4.79 Å². The summed E-state index contributed by atoms with van der Waals surface area (Å²) in [6.45, 7) is 15.5. The fourth-order valence-electron chi connectivity index (χ4n) is 10.3. The lowest BCUT2D eigenvalue weighted by Gasteiger charge is -2.70. The SMILES string of the molecule is C/C(=C/CC[C@](C)(O)[C@H]1CC[C@]2(C)[C@@H]1CC[C@@H]1[C@@]3(C)CCC(=O)C(C)(C)[C@@H]3[C@@H](O)C[C@]12C)CO. The van der Waals surface area contributed by atoms with Crippen LogP contribution in [0, 0.1) is 45.3 Å². The molecule has 0 aromatic rings. The molecule has 4 fully saturated rings. The zero-order chi connectivity index (χ0) is 25.3. The van der Waals surface area contributed by atoms with Crippen molar-refractivity contribution in [1.82, 2.24) is 0 Å². The number of fused-ring (bicyclic) bond motifs is 5. The molecule has 0 unspecified atom stereocenters. The van der Waals surface area contributed by atoms with Crippen LogP contribution in [0.4, 0.5) is 0 Å². The molecule has 4 heteroatoms. The van der Waals surface area contributed by atoms with E-state index in [1.165, 1.54) is 0 Å². The number of aliphatic hydroxyl groups excluding tert-OH is 2. The fraction of sp³-hybridized carbons (Fsp3) is 0.900. The number of allylic oxidation sites excluding steroid dienone is 1. The van der Waals surface area contributed by atoms with Crippen LogP contribution in [0.25, 0.3) is 0 Å². The van der Waals surface area contributed by atoms with Crippen LogP contribution >= 0.6 is 0 Å². The van der Waals surface area contributed by atoms with E-state index in [1.807, 2.05) is 13.8 Å². The molecule has 194 valence electrons. The Hall–Kier alpha value is -0.710. The van der Waals surface area contributed by atoms with Gasteiger partial charge in [-0.05, 0) is 99.2 Å². The maximum Gasteiger partial charge on any atom is 0.138 e. The second kappa shape index (κ2) is 8.42. The number of Topliss-reactive ketones (excluding diaryl/α,β-unsaturated/α-hetero) is 1. The molecular weight excluding hydrogens is 424 g/mol. The second-order valence-electron chi connectivity index (χ2n) is 14.2. The number of rotatable bonds is 5. The minimum absolute atomic E-state index is 0.00919. The van der Waals surface area contributed by atoms with Gasteiger partial charge in [0.15, 0.2) is 0 Å². The Morgan fingerprint density at radius 1 is 1.09 bits per heavy atom. The first kappa shape index (κ1) is 26.4. The van der Waals surface area contributed by atoms with E-state index < -0.39 is 17.1 Å². The van der Waals surface area contributed by atoms with Gasteiger partial charge in [0.2, 0.25) is 0 Å². The van der Waals surface area contributed by atoms with E-state index in [4.69, 9.17) is 0 Å². The number of aliphatic hydroxyl groups is 3. The molecule has 0 aromatic carbocycles. The minimum Gasteiger partial charge on any atom is -0.393 e. The molecule has 4 saturated carbocycles. The van der Waals surface area contributed by atoms with Crippen LogP contribution in [0.2, 0.25) is 0 Å². The van der Waals surface area contributed by atoms with Crippen molar-refractivity contribution in [3.05, 3.63) is 11.6 Å². The number of carbonyl (C=O) groups is 1. The van der Waals surface area contributed by atoms with Crippen molar-refractivity contribution in [3.63, 3.8) is 0 Å². The van der Waals surface area contributed by atoms with Crippen LogP contribution in [0.5, 0.6) is 0 Å². The molecule has 0 amide bonds. The summed E-state index contributed by atoms with van der Waals surface area (Å²) in [4.78, 5) is 12.9. The lowest BCUT2D eigenvalue weighted by Crippen LogP contribution is -2.67. The first-order valence-electron chi connectivity index (χ1n) is 13.9. The third kappa shape index (κ3) is 3.60. The summed E-state index contributed by atoms with van der Waals surface area (Å²) >= 11 is 0. The van der Waals surface area contributed by atoms with Gasteiger partial charge in [-0.1, -0.05) is 46.3 Å². The van der Waals surface area contributed by atoms with Crippen molar-refractivity contribution in [1.29, 1.82) is 0 Å². The Morgan fingerprint density at radius 3 is 2.41 bits per heavy atom. The minimum atomic E-state index is -0.725. The monoisotopic (exact) mass is 474 g/mol. The third-order valence-electron chi connectivity index (χ3n) is 12.2. The molecule has 4 aliphatic carbocycles. The highest BCUT2D eigenvalue weighted by Crippen LogP contribution is 2.75. The topological polar surface area (TPSA) is 77.8 Å². The summed E-state index contributed by atoms with van der Waals surface area (Å²) in [5.74, 6) is 1.57. The van der Waals surface area contributed by atoms with E-state index in [-0.39, 0.29) is 34.7 Å². The third-order valence-corrected chi connectivity index (χ3v) is 12.2. The number of hydrogen-bond acceptors (Lipinski definition) is 4. The molecule has 0 radical (unpaired) electrons. The van der Waals surface area contributed by atoms with Crippen molar-refractivity contribution in [2.24, 2.45) is 45.3 Å². The maximum atomic E-state index is 12.9. The van der Waals surface area contributed by atoms with E-state index >= 15 is 0 Å². The average molecular weight is 475 g/mol. The highest BCUT2D eigenvalue weighted by atomic mass is 16.3. The van der Waals surface area contributed by atoms with Crippen molar-refractivity contribution < 1.29 is 20.1 Å². The van der Waals surface area contributed by atoms with Gasteiger partial charge >= 0.3 is 0 Å². The largest absolute Gasteiger partial charge is 0.393 e. The van der Waals surface area contributed by atoms with E-state index in [0.29, 0.717) is 24.0 Å². The molecule has 3 N–H and O–H groups in total. The zero-order valence-corrected chi connectivity index (χ0v) is 22.8. The Labute approximate surface area is 207 Å². The van der Waals surface area contributed by atoms with E-state index in [0.717, 1.165) is 56.9 Å². The standard InChI is InChI=1S/C30H50O4/c1-19(18-31)9-8-14-30(7,34)21-12-16-28(5)20(21)10-11-23-27(4)15-13-24(33)26(2,3)25(27)22(32)17-29(23,28)6/h9,20-23,25,31-32,34H,8,10-18H2,1-7H3/b19-9-/t20-,21+,22+,23-,25+,27-,28-,29-,30+/m1/s1. The predicted molar refractivity (Wildman–Crippen MR) is 136 cm³/mol. The molecule has 0 saturated heterocycles. The van der Waals surface area contributed by atoms with Gasteiger partial charge in [0, 0.05) is 17.8 Å². The average Bonchev–Trinajstić information content (AvgIpc) is 3.10. The Morgan fingerprint density at radius 2 is 1.76 bits per heavy atom. The highest BCUT2D eigenvalue weighted by Gasteiger charge is 2.71. The molecule has 0 bridgehead atoms. The summed E-state index contributed by atoms with van der Waals surface area (Å²) in [5.41, 5.74) is -0.153. The van der Waals surface area contributed by atoms with Crippen LogP contribution in [0.3, 0.4) is 0 Å². The molecule has 0 heterocycles. The van der Waals surface area contributed by atoms with Crippen molar-refractivity contribution in [2.75, 3.05) is 6.61 Å². The summed E-state index contributed by atoms with van der Waals surface area (Å²) in [6.07, 6.45) is 9.85. The first-order valence-corrected chi connectivity index (χ1v) is 13.9. The molecule has 0 aliphatic heterocycles. The molecular formula is C30H50O4. The molecule has 0 spiro atoms. The first-order chi connectivity index (χ1) is 15.6. The fourth-order valence-corrected chi connectivity index (χ4v) is 10.3. The van der Waals surface area contributed by atoms with Gasteiger partial charge < -0.3 is 15.3 Å². The zero-order valence-electron chi connectivity index (χ0n) is 22.8. The van der Waals surface area contributed by atoms with E-state index in [9.17, 15) is 20.1 Å². The van der Waals surface area contributed by atoms with Gasteiger partial charge in [-0.2, -0.15) is 0 Å². The Balaban J connectivity index is 1.63. The van der Waals surface area contributed by atoms with Crippen molar-refractivity contribution >= 4 is 5.78 Å². The van der Waals surface area contributed by atoms with Crippen LogP contribution < -0.4 is 0 Å². The van der Waals surface area contributed by atoms with Gasteiger partial charge in [-0.15, -0.1) is 0 Å². The lowest BCUT2D eigenvalue weighted by molar-refractivity contribution is -0.238. The molecule has 9 atom stereocenters. The van der Waals surface area contributed by atoms with E-state index in [2.05, 4.69) is 40.7 Å². The molecule has 0 aromatic heterocycles. The Kier molecular flexibility index (Phi) is 6.52. The number of carbonyl (C=O) groups excluding carboxylic acids is 1. The van der Waals surface area contributed by atoms with Gasteiger partial charge in [-0.3, -0.25) is 4.79 Å². The quantitative estimate of drug-likeness (QED) is 0.448. The maximum absolute atomic E-state index is 12.9. The van der Waals surface area contributed by atoms with Crippen LogP contribution in [0.1, 0.15) is 106 Å². The van der Waals surface area contributed by atoms with Crippen LogP contribution in [-0.4, -0.2) is 39.4 Å². The summed E-state index contributed by atoms with van der Waals surface area (Å²) in [7, 11) is 0. The van der Waals surface area contributed by atoms with Crippen molar-refractivity contribution in [2.45, 2.75) is 118 Å². The van der Waals surface area contributed by atoms with Gasteiger partial charge in [0.05, 0.1) is 18.3 Å². The molecule has 4 aliphatic rings. The Bertz CT molecular complexity index is 843. The molecule has 4 rings (SSSR count). The van der Waals surface area contributed by atoms with Gasteiger partial charge in [0.1, 0.15) is 5.78 Å².